The zero-order valence-corrected chi connectivity index (χ0v) is 13.2. The van der Waals surface area contributed by atoms with Gasteiger partial charge < -0.3 is 5.73 Å². The van der Waals surface area contributed by atoms with Crippen LogP contribution in [0.2, 0.25) is 5.02 Å². The Labute approximate surface area is 126 Å². The second-order valence-electron chi connectivity index (χ2n) is 4.37. The third-order valence-corrected chi connectivity index (χ3v) is 4.42. The van der Waals surface area contributed by atoms with Gasteiger partial charge in [0.15, 0.2) is 0 Å². The topological polar surface area (TPSA) is 56.7 Å². The lowest BCUT2D eigenvalue weighted by Crippen LogP contribution is -2.17. The van der Waals surface area contributed by atoms with Crippen LogP contribution in [-0.4, -0.2) is 14.8 Å². The molecule has 0 aliphatic heterocycles. The maximum atomic E-state index is 6.26. The number of hydrogen-bond acceptors (Lipinski definition) is 3. The normalized spacial score (nSPS) is 12.7. The molecule has 4 nitrogen and oxygen atoms in total. The average molecular weight is 344 g/mol. The zero-order chi connectivity index (χ0) is 14.0. The molecule has 102 valence electrons. The highest BCUT2D eigenvalue weighted by atomic mass is 79.9. The lowest BCUT2D eigenvalue weighted by atomic mass is 10.0. The molecular formula is C13H16BrClN4. The van der Waals surface area contributed by atoms with Gasteiger partial charge in [0, 0.05) is 31.4 Å². The van der Waals surface area contributed by atoms with Gasteiger partial charge in [-0.05, 0) is 41.4 Å². The first-order valence-corrected chi connectivity index (χ1v) is 7.28. The summed E-state index contributed by atoms with van der Waals surface area (Å²) in [5, 5.41) is 5.07. The van der Waals surface area contributed by atoms with Crippen molar-refractivity contribution < 1.29 is 0 Å². The van der Waals surface area contributed by atoms with Crippen molar-refractivity contribution in [1.29, 1.82) is 0 Å². The number of halogens is 2. The summed E-state index contributed by atoms with van der Waals surface area (Å²) in [6, 6.07) is 1.69. The van der Waals surface area contributed by atoms with Crippen LogP contribution in [0.4, 0.5) is 0 Å². The van der Waals surface area contributed by atoms with E-state index in [1.54, 1.807) is 12.4 Å². The third kappa shape index (κ3) is 2.99. The van der Waals surface area contributed by atoms with E-state index in [9.17, 15) is 0 Å². The lowest BCUT2D eigenvalue weighted by Gasteiger charge is -2.14. The van der Waals surface area contributed by atoms with Crippen molar-refractivity contribution in [3.8, 4) is 0 Å². The number of nitrogens with zero attached hydrogens (tertiary/aromatic N) is 3. The molecule has 0 aromatic carbocycles. The molecular weight excluding hydrogens is 328 g/mol. The molecule has 19 heavy (non-hydrogen) atoms. The molecule has 0 saturated carbocycles. The minimum atomic E-state index is -0.173. The van der Waals surface area contributed by atoms with Crippen LogP contribution in [0.15, 0.2) is 22.9 Å². The maximum absolute atomic E-state index is 6.26. The number of aromatic nitrogens is 3. The van der Waals surface area contributed by atoms with Gasteiger partial charge in [0.1, 0.15) is 0 Å². The quantitative estimate of drug-likeness (QED) is 0.927. The SMILES string of the molecule is CCn1nc(C)c(Br)c1CC(N)c1ccncc1Cl. The summed E-state index contributed by atoms with van der Waals surface area (Å²) < 4.78 is 2.99. The van der Waals surface area contributed by atoms with Crippen molar-refractivity contribution in [3.05, 3.63) is 44.9 Å². The fraction of sp³-hybridized carbons (Fsp3) is 0.385. The third-order valence-electron chi connectivity index (χ3n) is 3.07. The predicted octanol–water partition coefficient (Wildman–Crippen LogP) is 3.26. The highest BCUT2D eigenvalue weighted by Crippen LogP contribution is 2.28. The van der Waals surface area contributed by atoms with E-state index >= 15 is 0 Å². The first-order chi connectivity index (χ1) is 9.04. The Kier molecular flexibility index (Phi) is 4.60. The second-order valence-corrected chi connectivity index (χ2v) is 5.57. The fourth-order valence-electron chi connectivity index (χ4n) is 2.07. The molecule has 0 amide bonds. The number of pyridine rings is 1. The van der Waals surface area contributed by atoms with Gasteiger partial charge >= 0.3 is 0 Å². The Morgan fingerprint density at radius 3 is 2.89 bits per heavy atom. The van der Waals surface area contributed by atoms with Gasteiger partial charge in [0.25, 0.3) is 0 Å². The Morgan fingerprint density at radius 2 is 2.26 bits per heavy atom. The summed E-state index contributed by atoms with van der Waals surface area (Å²) in [5.41, 5.74) is 9.24. The molecule has 0 radical (unpaired) electrons. The zero-order valence-electron chi connectivity index (χ0n) is 10.9. The Hall–Kier alpha value is -0.910. The van der Waals surface area contributed by atoms with Crippen LogP contribution < -0.4 is 5.73 Å². The molecule has 0 spiro atoms. The van der Waals surface area contributed by atoms with Crippen LogP contribution >= 0.6 is 27.5 Å². The van der Waals surface area contributed by atoms with E-state index in [1.807, 2.05) is 17.7 Å². The number of hydrogen-bond donors (Lipinski definition) is 1. The van der Waals surface area contributed by atoms with Crippen LogP contribution in [0.5, 0.6) is 0 Å². The van der Waals surface area contributed by atoms with Gasteiger partial charge in [-0.1, -0.05) is 11.6 Å². The van der Waals surface area contributed by atoms with Gasteiger partial charge in [0.2, 0.25) is 0 Å². The molecule has 2 rings (SSSR count). The molecule has 6 heteroatoms. The van der Waals surface area contributed by atoms with Gasteiger partial charge in [-0.25, -0.2) is 0 Å². The van der Waals surface area contributed by atoms with Crippen LogP contribution in [0.1, 0.15) is 29.9 Å². The van der Waals surface area contributed by atoms with Crippen LogP contribution in [-0.2, 0) is 13.0 Å². The van der Waals surface area contributed by atoms with E-state index in [4.69, 9.17) is 17.3 Å². The van der Waals surface area contributed by atoms with Crippen molar-refractivity contribution >= 4 is 27.5 Å². The highest BCUT2D eigenvalue weighted by Gasteiger charge is 2.17. The fourth-order valence-corrected chi connectivity index (χ4v) is 2.77. The summed E-state index contributed by atoms with van der Waals surface area (Å²) in [7, 11) is 0. The van der Waals surface area contributed by atoms with Gasteiger partial charge in [0.05, 0.1) is 20.9 Å². The Morgan fingerprint density at radius 1 is 1.53 bits per heavy atom. The van der Waals surface area contributed by atoms with Crippen molar-refractivity contribution in [3.63, 3.8) is 0 Å². The smallest absolute Gasteiger partial charge is 0.0738 e. The van der Waals surface area contributed by atoms with E-state index in [1.165, 1.54) is 0 Å². The molecule has 0 fully saturated rings. The van der Waals surface area contributed by atoms with Crippen LogP contribution in [0.3, 0.4) is 0 Å². The van der Waals surface area contributed by atoms with Crippen molar-refractivity contribution in [1.82, 2.24) is 14.8 Å². The highest BCUT2D eigenvalue weighted by molar-refractivity contribution is 9.10. The standard InChI is InChI=1S/C13H16BrClN4/c1-3-19-12(13(14)8(2)18-19)6-11(16)9-4-5-17-7-10(9)15/h4-5,7,11H,3,6,16H2,1-2H3. The van der Waals surface area contributed by atoms with Crippen molar-refractivity contribution in [2.45, 2.75) is 32.9 Å². The van der Waals surface area contributed by atoms with Gasteiger partial charge in [-0.15, -0.1) is 0 Å². The summed E-state index contributed by atoms with van der Waals surface area (Å²) >= 11 is 9.70. The molecule has 0 saturated heterocycles. The molecule has 2 aromatic rings. The van der Waals surface area contributed by atoms with E-state index < -0.39 is 0 Å². The minimum Gasteiger partial charge on any atom is -0.324 e. The van der Waals surface area contributed by atoms with E-state index in [2.05, 4.69) is 32.9 Å². The number of nitrogens with two attached hydrogens (primary N) is 1. The summed E-state index contributed by atoms with van der Waals surface area (Å²) in [6.45, 7) is 4.86. The lowest BCUT2D eigenvalue weighted by molar-refractivity contribution is 0.586. The Balaban J connectivity index is 2.29. The molecule has 2 heterocycles. The molecule has 0 bridgehead atoms. The van der Waals surface area contributed by atoms with E-state index in [0.717, 1.165) is 28.0 Å². The maximum Gasteiger partial charge on any atom is 0.0738 e. The van der Waals surface area contributed by atoms with Crippen molar-refractivity contribution in [2.75, 3.05) is 0 Å². The molecule has 0 aliphatic carbocycles. The predicted molar refractivity (Wildman–Crippen MR) is 80.2 cm³/mol. The summed E-state index contributed by atoms with van der Waals surface area (Å²) in [5.74, 6) is 0. The van der Waals surface area contributed by atoms with E-state index in [0.29, 0.717) is 11.4 Å². The first-order valence-electron chi connectivity index (χ1n) is 6.11. The second kappa shape index (κ2) is 6.03. The first kappa shape index (κ1) is 14.5. The van der Waals surface area contributed by atoms with Crippen LogP contribution in [0.25, 0.3) is 0 Å². The molecule has 2 aromatic heterocycles. The molecule has 0 aliphatic rings. The minimum absolute atomic E-state index is 0.173. The van der Waals surface area contributed by atoms with Crippen molar-refractivity contribution in [2.24, 2.45) is 5.73 Å². The molecule has 1 unspecified atom stereocenters. The number of aryl methyl sites for hydroxylation is 2. The monoisotopic (exact) mass is 342 g/mol. The summed E-state index contributed by atoms with van der Waals surface area (Å²) in [4.78, 5) is 3.98. The molecule has 1 atom stereocenters. The summed E-state index contributed by atoms with van der Waals surface area (Å²) in [6.07, 6.45) is 4.01. The van der Waals surface area contributed by atoms with Gasteiger partial charge in [-0.2, -0.15) is 5.10 Å². The number of rotatable bonds is 4. The molecule has 2 N–H and O–H groups in total. The average Bonchev–Trinajstić information content (AvgIpc) is 2.67. The van der Waals surface area contributed by atoms with Gasteiger partial charge in [-0.3, -0.25) is 9.67 Å². The largest absolute Gasteiger partial charge is 0.324 e. The van der Waals surface area contributed by atoms with E-state index in [-0.39, 0.29) is 6.04 Å². The van der Waals surface area contributed by atoms with Crippen LogP contribution in [0, 0.1) is 6.92 Å². The Bertz CT molecular complexity index is 582.